The van der Waals surface area contributed by atoms with Gasteiger partial charge in [0, 0.05) is 38.7 Å². The number of hydrogen-bond acceptors (Lipinski definition) is 9. The van der Waals surface area contributed by atoms with Crippen LogP contribution in [0.4, 0.5) is 0 Å². The lowest BCUT2D eigenvalue weighted by Gasteiger charge is -2.30. The van der Waals surface area contributed by atoms with Crippen LogP contribution in [0.1, 0.15) is 13.3 Å². The molecule has 8 rings (SSSR count). The van der Waals surface area contributed by atoms with E-state index in [9.17, 15) is 27.4 Å². The van der Waals surface area contributed by atoms with Gasteiger partial charge in [0.2, 0.25) is 0 Å². The van der Waals surface area contributed by atoms with E-state index in [2.05, 4.69) is 85.4 Å². The van der Waals surface area contributed by atoms with Gasteiger partial charge in [-0.25, -0.2) is 13.2 Å². The smallest absolute Gasteiger partial charge is 0.333 e. The first-order valence-electron chi connectivity index (χ1n) is 15.4. The molecule has 3 aliphatic rings. The summed E-state index contributed by atoms with van der Waals surface area (Å²) in [5.41, 5.74) is 0.196. The molecule has 0 N–H and O–H groups in total. The van der Waals surface area contributed by atoms with Gasteiger partial charge in [0.05, 0.1) is 16.7 Å². The fourth-order valence-corrected chi connectivity index (χ4v) is 10.1. The molecular formula is C37H30O9S2. The summed E-state index contributed by atoms with van der Waals surface area (Å²) in [6, 6.07) is 32.8. The maximum absolute atomic E-state index is 12.8. The van der Waals surface area contributed by atoms with Gasteiger partial charge in [-0.3, -0.25) is 9.59 Å². The topological polar surface area (TPSA) is 136 Å². The second-order valence-corrected chi connectivity index (χ2v) is 15.5. The second-order valence-electron chi connectivity index (χ2n) is 12.1. The summed E-state index contributed by atoms with van der Waals surface area (Å²) in [5, 5.41) is 2.79. The van der Waals surface area contributed by atoms with Crippen molar-refractivity contribution in [3.63, 3.8) is 0 Å². The van der Waals surface area contributed by atoms with Crippen LogP contribution in [-0.2, 0) is 34.0 Å². The van der Waals surface area contributed by atoms with Crippen molar-refractivity contribution in [2.45, 2.75) is 30.4 Å². The molecule has 3 fully saturated rings. The Balaban J connectivity index is 0.000000165. The summed E-state index contributed by atoms with van der Waals surface area (Å²) in [6.45, 7) is 5.03. The molecule has 2 bridgehead atoms. The van der Waals surface area contributed by atoms with Gasteiger partial charge in [-0.15, -0.1) is 0 Å². The molecule has 1 aliphatic heterocycles. The highest BCUT2D eigenvalue weighted by atomic mass is 32.2. The average molecular weight is 683 g/mol. The number of benzene rings is 4. The van der Waals surface area contributed by atoms with E-state index in [-0.39, 0.29) is 27.7 Å². The van der Waals surface area contributed by atoms with Gasteiger partial charge in [-0.2, -0.15) is 0 Å². The standard InChI is InChI=1S/C19H18O9S.C18H13S/c1-8(2)17(20)27-15-11-7-12-14(19(22)28-16(12)15)13(11)18(21)26-9-3-5-10(6-4-9)29(23,24)25;1-2-8-14(9-3-1)19-17-12-6-4-10-15(17)16-11-5-7-13-18(16)19/h3-6,11-16H,1,7H2,2H3,(H,23,24,25);1-13H/q;+1/p-1. The van der Waals surface area contributed by atoms with Crippen LogP contribution in [0, 0.1) is 23.7 Å². The first kappa shape index (κ1) is 31.7. The van der Waals surface area contributed by atoms with E-state index in [1.54, 1.807) is 0 Å². The summed E-state index contributed by atoms with van der Waals surface area (Å²) in [5.74, 6) is -4.00. The summed E-state index contributed by atoms with van der Waals surface area (Å²) >= 11 is 0. The third-order valence-electron chi connectivity index (χ3n) is 9.22. The van der Waals surface area contributed by atoms with E-state index in [4.69, 9.17) is 14.2 Å². The molecule has 11 heteroatoms. The van der Waals surface area contributed by atoms with Crippen LogP contribution in [-0.4, -0.2) is 43.1 Å². The predicted molar refractivity (Wildman–Crippen MR) is 178 cm³/mol. The summed E-state index contributed by atoms with van der Waals surface area (Å²) in [6.07, 6.45) is -0.841. The molecule has 0 radical (unpaired) electrons. The van der Waals surface area contributed by atoms with Crippen molar-refractivity contribution < 1.29 is 41.6 Å². The van der Waals surface area contributed by atoms with Gasteiger partial charge in [0.1, 0.15) is 28.1 Å². The number of carbonyl (C=O) groups excluding carboxylic acids is 3. The third-order valence-corrected chi connectivity index (χ3v) is 12.4. The Labute approximate surface area is 279 Å². The van der Waals surface area contributed by atoms with Crippen molar-refractivity contribution in [2.75, 3.05) is 0 Å². The number of esters is 3. The molecule has 0 spiro atoms. The second kappa shape index (κ2) is 12.3. The van der Waals surface area contributed by atoms with Crippen LogP contribution in [0.3, 0.4) is 0 Å². The van der Waals surface area contributed by atoms with Crippen molar-refractivity contribution in [1.82, 2.24) is 0 Å². The number of fused-ring (bicyclic) bond motifs is 4. The van der Waals surface area contributed by atoms with E-state index in [0.717, 1.165) is 12.1 Å². The summed E-state index contributed by atoms with van der Waals surface area (Å²) < 4.78 is 52.0. The lowest BCUT2D eigenvalue weighted by Crippen LogP contribution is -2.44. The van der Waals surface area contributed by atoms with Crippen molar-refractivity contribution in [3.8, 4) is 10.6 Å². The Morgan fingerprint density at radius 3 is 2.02 bits per heavy atom. The van der Waals surface area contributed by atoms with Crippen LogP contribution in [0.15, 0.2) is 120 Å². The Kier molecular flexibility index (Phi) is 8.14. The fraction of sp³-hybridized carbons (Fsp3) is 0.216. The van der Waals surface area contributed by atoms with Gasteiger partial charge in [0.15, 0.2) is 14.3 Å². The van der Waals surface area contributed by atoms with Crippen LogP contribution >= 0.6 is 10.5 Å². The molecule has 2 heterocycles. The molecule has 1 aromatic heterocycles. The first-order chi connectivity index (χ1) is 23.0. The van der Waals surface area contributed by atoms with Crippen LogP contribution in [0.5, 0.6) is 5.75 Å². The number of hydrogen-bond donors (Lipinski definition) is 0. The molecule has 4 aromatic carbocycles. The molecule has 48 heavy (non-hydrogen) atoms. The SMILES string of the molecule is C=C(C)C(=O)OC1C2CC3C1OC(=O)C3C2C(=O)Oc1ccc(S(=O)(=O)[O-])cc1.c1ccc(-[s+]2c3ccccc3c3ccccc32)cc1. The number of thiophene rings is 1. The summed E-state index contributed by atoms with van der Waals surface area (Å²) in [4.78, 5) is 38.0. The van der Waals surface area contributed by atoms with Gasteiger partial charge in [-0.1, -0.05) is 49.0 Å². The van der Waals surface area contributed by atoms with E-state index in [0.29, 0.717) is 6.42 Å². The number of carbonyl (C=O) groups is 3. The number of rotatable bonds is 6. The zero-order chi connectivity index (χ0) is 33.7. The van der Waals surface area contributed by atoms with Crippen molar-refractivity contribution in [3.05, 3.63) is 115 Å². The molecule has 9 nitrogen and oxygen atoms in total. The van der Waals surface area contributed by atoms with Gasteiger partial charge < -0.3 is 18.8 Å². The Hall–Kier alpha value is -4.84. The lowest BCUT2D eigenvalue weighted by atomic mass is 9.78. The normalized spacial score (nSPS) is 23.8. The van der Waals surface area contributed by atoms with Gasteiger partial charge in [-0.05, 0) is 74.0 Å². The van der Waals surface area contributed by atoms with E-state index in [1.165, 1.54) is 44.1 Å². The monoisotopic (exact) mass is 682 g/mol. The van der Waals surface area contributed by atoms with E-state index < -0.39 is 62.9 Å². The van der Waals surface area contributed by atoms with Crippen molar-refractivity contribution >= 4 is 58.7 Å². The van der Waals surface area contributed by atoms with Gasteiger partial charge in [0.25, 0.3) is 0 Å². The highest BCUT2D eigenvalue weighted by molar-refractivity contribution is 7.85. The van der Waals surface area contributed by atoms with E-state index >= 15 is 0 Å². The maximum Gasteiger partial charge on any atom is 0.333 e. The molecule has 6 atom stereocenters. The highest BCUT2D eigenvalue weighted by Crippen LogP contribution is 2.59. The minimum Gasteiger partial charge on any atom is -0.744 e. The molecule has 2 aliphatic carbocycles. The molecule has 1 saturated heterocycles. The molecule has 6 unspecified atom stereocenters. The Morgan fingerprint density at radius 2 is 1.44 bits per heavy atom. The highest BCUT2D eigenvalue weighted by Gasteiger charge is 2.70. The van der Waals surface area contributed by atoms with Gasteiger partial charge >= 0.3 is 17.9 Å². The zero-order valence-corrected chi connectivity index (χ0v) is 27.3. The molecule has 0 amide bonds. The molecular weight excluding hydrogens is 653 g/mol. The molecule has 244 valence electrons. The van der Waals surface area contributed by atoms with Crippen LogP contribution in [0.25, 0.3) is 25.1 Å². The van der Waals surface area contributed by atoms with Crippen LogP contribution < -0.4 is 4.74 Å². The third kappa shape index (κ3) is 5.57. The van der Waals surface area contributed by atoms with Crippen molar-refractivity contribution in [1.29, 1.82) is 0 Å². The summed E-state index contributed by atoms with van der Waals surface area (Å²) in [7, 11) is -4.56. The number of ether oxygens (including phenoxy) is 3. The Morgan fingerprint density at radius 1 is 0.854 bits per heavy atom. The molecule has 5 aromatic rings. The lowest BCUT2D eigenvalue weighted by molar-refractivity contribution is -0.160. The first-order valence-corrected chi connectivity index (χ1v) is 18.0. The van der Waals surface area contributed by atoms with E-state index in [1.807, 2.05) is 0 Å². The minimum absolute atomic E-state index is 0.0311. The zero-order valence-electron chi connectivity index (χ0n) is 25.7. The van der Waals surface area contributed by atoms with Crippen molar-refractivity contribution in [2.24, 2.45) is 23.7 Å². The molecule has 2 saturated carbocycles. The minimum atomic E-state index is -4.62. The largest absolute Gasteiger partial charge is 0.744 e. The maximum atomic E-state index is 12.8. The average Bonchev–Trinajstić information content (AvgIpc) is 3.79. The van der Waals surface area contributed by atoms with Crippen LogP contribution in [0.2, 0.25) is 0 Å². The quantitative estimate of drug-likeness (QED) is 0.0644. The Bertz CT molecular complexity index is 2140. The predicted octanol–water partition coefficient (Wildman–Crippen LogP) is 6.52. The fourth-order valence-electron chi connectivity index (χ4n) is 7.21.